The number of nitrogens with two attached hydrogens (primary N) is 1. The van der Waals surface area contributed by atoms with Gasteiger partial charge in [0.05, 0.1) is 31.1 Å². The van der Waals surface area contributed by atoms with Crippen LogP contribution in [0.1, 0.15) is 13.8 Å². The fourth-order valence-corrected chi connectivity index (χ4v) is 0.444. The summed E-state index contributed by atoms with van der Waals surface area (Å²) in [6.45, 7) is 1.64. The topological polar surface area (TPSA) is 124 Å². The molecule has 0 radical (unpaired) electrons. The Labute approximate surface area is 128 Å². The van der Waals surface area contributed by atoms with Crippen molar-refractivity contribution in [3.05, 3.63) is 11.8 Å². The van der Waals surface area contributed by atoms with Gasteiger partial charge in [0.1, 0.15) is 0 Å². The molecule has 0 saturated carbocycles. The van der Waals surface area contributed by atoms with Crippen molar-refractivity contribution in [1.29, 1.82) is 0 Å². The summed E-state index contributed by atoms with van der Waals surface area (Å²) < 4.78 is 0. The van der Waals surface area contributed by atoms with Crippen molar-refractivity contribution < 1.29 is 66.1 Å². The van der Waals surface area contributed by atoms with Gasteiger partial charge < -0.3 is 26.2 Å². The van der Waals surface area contributed by atoms with Crippen molar-refractivity contribution in [2.24, 2.45) is 5.73 Å². The van der Waals surface area contributed by atoms with Gasteiger partial charge in [-0.1, -0.05) is 0 Å². The maximum atomic E-state index is 10.0. The van der Waals surface area contributed by atoms with E-state index >= 15 is 0 Å². The van der Waals surface area contributed by atoms with Gasteiger partial charge in [-0.2, -0.15) is 0 Å². The molecule has 94 valence electrons. The van der Waals surface area contributed by atoms with E-state index in [0.717, 1.165) is 0 Å². The van der Waals surface area contributed by atoms with E-state index in [-0.39, 0.29) is 52.4 Å². The first kappa shape index (κ1) is 21.7. The molecule has 0 aromatic rings. The standard InChI is InChI=1S/C5H8O2.C4H11NO3.Nd/c1-4(6)3-5(2)7;5-4(1-6,2-7)3-8;/h3,6H,1-2H3;6-8H,1-3,5H2;/b4-3-;;. The maximum Gasteiger partial charge on any atom is 0.155 e. The van der Waals surface area contributed by atoms with Crippen molar-refractivity contribution in [3.63, 3.8) is 0 Å². The van der Waals surface area contributed by atoms with Gasteiger partial charge in [-0.05, 0) is 13.8 Å². The maximum absolute atomic E-state index is 10.0. The predicted molar refractivity (Wildman–Crippen MR) is 55.2 cm³/mol. The molecule has 0 amide bonds. The van der Waals surface area contributed by atoms with Gasteiger partial charge in [-0.15, -0.1) is 0 Å². The van der Waals surface area contributed by atoms with Crippen LogP contribution in [-0.2, 0) is 4.79 Å². The quantitative estimate of drug-likeness (QED) is 0.312. The van der Waals surface area contributed by atoms with Crippen LogP contribution in [0.2, 0.25) is 0 Å². The molecule has 0 atom stereocenters. The molecule has 0 aliphatic carbocycles. The zero-order valence-corrected chi connectivity index (χ0v) is 12.7. The van der Waals surface area contributed by atoms with Crippen LogP contribution in [0.5, 0.6) is 0 Å². The number of carbonyl (C=O) groups excluding carboxylic acids is 1. The first-order chi connectivity index (χ1) is 6.81. The first-order valence-corrected chi connectivity index (χ1v) is 4.30. The van der Waals surface area contributed by atoms with Gasteiger partial charge in [0, 0.05) is 46.9 Å². The van der Waals surface area contributed by atoms with Crippen molar-refractivity contribution in [2.75, 3.05) is 19.8 Å². The van der Waals surface area contributed by atoms with Crippen LogP contribution >= 0.6 is 0 Å². The Morgan fingerprint density at radius 1 is 1.19 bits per heavy atom. The number of allylic oxidation sites excluding steroid dienone is 2. The van der Waals surface area contributed by atoms with Gasteiger partial charge in [-0.3, -0.25) is 4.79 Å². The molecule has 0 rings (SSSR count). The normalized spacial score (nSPS) is 11.0. The minimum absolute atomic E-state index is 0. The fourth-order valence-electron chi connectivity index (χ4n) is 0.444. The summed E-state index contributed by atoms with van der Waals surface area (Å²) in [4.78, 5) is 10.0. The van der Waals surface area contributed by atoms with Gasteiger partial charge in [0.2, 0.25) is 0 Å². The SMILES string of the molecule is CC(=O)/C=C(/C)O.NC(CO)(CO)CO.[Nd]. The monoisotopic (exact) mass is 363 g/mol. The Hall–Kier alpha value is 0.401. The van der Waals surface area contributed by atoms with E-state index in [4.69, 9.17) is 26.2 Å². The third kappa shape index (κ3) is 14.4. The summed E-state index contributed by atoms with van der Waals surface area (Å²) in [6, 6.07) is 0. The minimum Gasteiger partial charge on any atom is -0.512 e. The molecular formula is C9H19NNdO5. The van der Waals surface area contributed by atoms with E-state index in [2.05, 4.69) is 0 Å². The summed E-state index contributed by atoms with van der Waals surface area (Å²) in [6.07, 6.45) is 1.17. The zero-order valence-electron chi connectivity index (χ0n) is 9.47. The van der Waals surface area contributed by atoms with Crippen LogP contribution in [0.3, 0.4) is 0 Å². The molecule has 0 aromatic heterocycles. The smallest absolute Gasteiger partial charge is 0.155 e. The fraction of sp³-hybridized carbons (Fsp3) is 0.667. The Kier molecular flexibility index (Phi) is 16.1. The number of ketones is 1. The average Bonchev–Trinajstić information content (AvgIpc) is 2.15. The second kappa shape index (κ2) is 11.9. The molecule has 16 heavy (non-hydrogen) atoms. The summed E-state index contributed by atoms with van der Waals surface area (Å²) in [5.41, 5.74) is 3.94. The number of carbonyl (C=O) groups is 1. The largest absolute Gasteiger partial charge is 0.512 e. The van der Waals surface area contributed by atoms with Crippen LogP contribution < -0.4 is 5.73 Å². The molecule has 0 spiro atoms. The van der Waals surface area contributed by atoms with E-state index in [0.29, 0.717) is 0 Å². The summed E-state index contributed by atoms with van der Waals surface area (Å²) in [7, 11) is 0. The second-order valence-corrected chi connectivity index (χ2v) is 3.23. The number of aliphatic hydroxyl groups excluding tert-OH is 4. The molecule has 0 fully saturated rings. The van der Waals surface area contributed by atoms with Gasteiger partial charge >= 0.3 is 0 Å². The van der Waals surface area contributed by atoms with Gasteiger partial charge in [0.15, 0.2) is 5.78 Å². The van der Waals surface area contributed by atoms with Crippen molar-refractivity contribution >= 4 is 5.78 Å². The number of hydrogen-bond acceptors (Lipinski definition) is 6. The number of rotatable bonds is 4. The van der Waals surface area contributed by atoms with Crippen molar-refractivity contribution in [1.82, 2.24) is 0 Å². The molecule has 0 aliphatic heterocycles. The number of hydrogen-bond donors (Lipinski definition) is 5. The van der Waals surface area contributed by atoms with Crippen LogP contribution in [0.15, 0.2) is 11.8 Å². The molecule has 0 unspecified atom stereocenters. The van der Waals surface area contributed by atoms with Gasteiger partial charge in [-0.25, -0.2) is 0 Å². The minimum atomic E-state index is -1.21. The van der Waals surface area contributed by atoms with Crippen LogP contribution in [0.25, 0.3) is 0 Å². The molecule has 7 heteroatoms. The summed E-state index contributed by atoms with van der Waals surface area (Å²) in [5, 5.41) is 33.4. The summed E-state index contributed by atoms with van der Waals surface area (Å²) >= 11 is 0. The van der Waals surface area contributed by atoms with Crippen molar-refractivity contribution in [3.8, 4) is 0 Å². The second-order valence-electron chi connectivity index (χ2n) is 3.23. The molecule has 6 nitrogen and oxygen atoms in total. The first-order valence-electron chi connectivity index (χ1n) is 4.30. The molecule has 6 N–H and O–H groups in total. The number of aliphatic hydroxyl groups is 4. The van der Waals surface area contributed by atoms with Crippen LogP contribution in [-0.4, -0.2) is 51.6 Å². The van der Waals surface area contributed by atoms with Crippen molar-refractivity contribution in [2.45, 2.75) is 19.4 Å². The van der Waals surface area contributed by atoms with Crippen LogP contribution in [0, 0.1) is 40.8 Å². The molecule has 0 bridgehead atoms. The van der Waals surface area contributed by atoms with E-state index in [1.807, 2.05) is 0 Å². The Morgan fingerprint density at radius 2 is 1.50 bits per heavy atom. The Balaban J connectivity index is -0.000000200. The Bertz CT molecular complexity index is 204. The molecule has 0 saturated heterocycles. The third-order valence-electron chi connectivity index (χ3n) is 1.36. The van der Waals surface area contributed by atoms with E-state index in [9.17, 15) is 4.79 Å². The van der Waals surface area contributed by atoms with Gasteiger partial charge in [0.25, 0.3) is 0 Å². The third-order valence-corrected chi connectivity index (χ3v) is 1.36. The Morgan fingerprint density at radius 3 is 1.50 bits per heavy atom. The van der Waals surface area contributed by atoms with E-state index in [1.165, 1.54) is 19.9 Å². The van der Waals surface area contributed by atoms with E-state index < -0.39 is 25.4 Å². The summed E-state index contributed by atoms with van der Waals surface area (Å²) in [5.74, 6) is -0.0625. The van der Waals surface area contributed by atoms with Crippen LogP contribution in [0.4, 0.5) is 0 Å². The zero-order chi connectivity index (χ0) is 12.5. The molecule has 0 aliphatic rings. The predicted octanol–water partition coefficient (Wildman–Crippen LogP) is -1.30. The molecular weight excluding hydrogens is 346 g/mol. The molecule has 0 heterocycles. The average molecular weight is 365 g/mol. The molecule has 0 aromatic carbocycles. The van der Waals surface area contributed by atoms with E-state index in [1.54, 1.807) is 0 Å².